The highest BCUT2D eigenvalue weighted by atomic mass is 32.2. The van der Waals surface area contributed by atoms with Gasteiger partial charge in [-0.15, -0.1) is 34.4 Å². The second kappa shape index (κ2) is 11.1. The van der Waals surface area contributed by atoms with Crippen molar-refractivity contribution in [1.82, 2.24) is 20.2 Å². The third-order valence-corrected chi connectivity index (χ3v) is 9.65. The fourth-order valence-electron chi connectivity index (χ4n) is 3.61. The summed E-state index contributed by atoms with van der Waals surface area (Å²) in [5, 5.41) is 26.3. The van der Waals surface area contributed by atoms with Gasteiger partial charge in [-0.05, 0) is 12.5 Å². The van der Waals surface area contributed by atoms with Crippen LogP contribution in [0.25, 0.3) is 0 Å². The molecule has 4 rings (SSSR count). The zero-order valence-corrected chi connectivity index (χ0v) is 22.6. The summed E-state index contributed by atoms with van der Waals surface area (Å²) < 4.78 is 0.617. The highest BCUT2D eigenvalue weighted by Gasteiger charge is 2.54. The first kappa shape index (κ1) is 26.9. The molecule has 2 aromatic heterocycles. The molecule has 0 bridgehead atoms. The summed E-state index contributed by atoms with van der Waals surface area (Å²) in [6.45, 7) is 1.72. The predicted octanol–water partition coefficient (Wildman–Crippen LogP) is 0.999. The maximum Gasteiger partial charge on any atom is 0.352 e. The molecule has 2 atom stereocenters. The van der Waals surface area contributed by atoms with Crippen LogP contribution in [0.3, 0.4) is 0 Å². The second-order valence-corrected chi connectivity index (χ2v) is 12.0. The Hall–Kier alpha value is -3.15. The van der Waals surface area contributed by atoms with Gasteiger partial charge in [-0.2, -0.15) is 0 Å². The SMILES string of the molecule is CON=C(C(=O)NC1C(=O)N2C(C(=O)O)=C(CSc3nc(C)c(CC(=O)O)s3)CS[C@@H]12)c1csc(N)n1. The Bertz CT molecular complexity index is 1340. The van der Waals surface area contributed by atoms with E-state index in [2.05, 4.69) is 20.4 Å². The van der Waals surface area contributed by atoms with E-state index >= 15 is 0 Å². The number of thioether (sulfide) groups is 2. The van der Waals surface area contributed by atoms with Gasteiger partial charge in [-0.1, -0.05) is 16.9 Å². The maximum atomic E-state index is 13.0. The average Bonchev–Trinajstić information content (AvgIpc) is 3.42. The number of nitrogen functional groups attached to an aromatic ring is 1. The third-order valence-electron chi connectivity index (χ3n) is 5.25. The minimum atomic E-state index is -1.25. The normalized spacial score (nSPS) is 19.4. The number of carbonyl (C=O) groups excluding carboxylic acids is 2. The van der Waals surface area contributed by atoms with Crippen LogP contribution in [0, 0.1) is 6.92 Å². The molecule has 4 heterocycles. The quantitative estimate of drug-likeness (QED) is 0.134. The molecule has 0 saturated carbocycles. The Kier molecular flexibility index (Phi) is 8.05. The Morgan fingerprint density at radius 3 is 2.73 bits per heavy atom. The number of hydrogen-bond donors (Lipinski definition) is 4. The minimum Gasteiger partial charge on any atom is -0.481 e. The van der Waals surface area contributed by atoms with E-state index in [1.165, 1.54) is 52.3 Å². The summed E-state index contributed by atoms with van der Waals surface area (Å²) in [5.74, 6) is -2.89. The number of carboxylic acids is 2. The number of thiazole rings is 2. The number of nitrogens with zero attached hydrogens (tertiary/aromatic N) is 4. The van der Waals surface area contributed by atoms with Gasteiger partial charge < -0.3 is 26.1 Å². The molecule has 1 saturated heterocycles. The van der Waals surface area contributed by atoms with Gasteiger partial charge in [0.2, 0.25) is 0 Å². The second-order valence-electron chi connectivity index (χ2n) is 7.66. The summed E-state index contributed by atoms with van der Waals surface area (Å²) in [7, 11) is 1.26. The molecule has 0 aromatic carbocycles. The van der Waals surface area contributed by atoms with Crippen molar-refractivity contribution >= 4 is 80.8 Å². The van der Waals surface area contributed by atoms with E-state index in [0.717, 1.165) is 11.3 Å². The lowest BCUT2D eigenvalue weighted by Gasteiger charge is -2.49. The lowest BCUT2D eigenvalue weighted by atomic mass is 10.0. The van der Waals surface area contributed by atoms with E-state index in [9.17, 15) is 24.3 Å². The number of fused-ring (bicyclic) bond motifs is 1. The van der Waals surface area contributed by atoms with Crippen LogP contribution in [0.4, 0.5) is 5.13 Å². The topological polar surface area (TPSA) is 197 Å². The van der Waals surface area contributed by atoms with Crippen molar-refractivity contribution < 1.29 is 34.2 Å². The fraction of sp³-hybridized carbons (Fsp3) is 0.350. The fourth-order valence-corrected chi connectivity index (χ4v) is 7.87. The molecule has 37 heavy (non-hydrogen) atoms. The van der Waals surface area contributed by atoms with Crippen molar-refractivity contribution in [2.24, 2.45) is 5.16 Å². The first-order valence-corrected chi connectivity index (χ1v) is 14.2. The molecule has 2 aromatic rings. The number of aliphatic carboxylic acids is 2. The van der Waals surface area contributed by atoms with E-state index in [4.69, 9.17) is 15.7 Å². The van der Waals surface area contributed by atoms with Gasteiger partial charge >= 0.3 is 11.9 Å². The average molecular weight is 585 g/mol. The molecule has 0 spiro atoms. The number of nitrogens with two attached hydrogens (primary N) is 1. The molecule has 5 N–H and O–H groups in total. The number of hydrogen-bond acceptors (Lipinski definition) is 13. The number of oxime groups is 1. The molecular formula is C20H20N6O7S4. The summed E-state index contributed by atoms with van der Waals surface area (Å²) in [4.78, 5) is 63.9. The van der Waals surface area contributed by atoms with Crippen LogP contribution in [0.1, 0.15) is 16.3 Å². The molecule has 0 aliphatic carbocycles. The monoisotopic (exact) mass is 584 g/mol. The number of aromatic nitrogens is 2. The molecule has 0 radical (unpaired) electrons. The van der Waals surface area contributed by atoms with Crippen LogP contribution in [-0.4, -0.2) is 84.6 Å². The number of carbonyl (C=O) groups is 4. The van der Waals surface area contributed by atoms with Gasteiger partial charge in [-0.3, -0.25) is 19.3 Å². The van der Waals surface area contributed by atoms with E-state index in [0.29, 0.717) is 26.2 Å². The van der Waals surface area contributed by atoms with Crippen molar-refractivity contribution in [3.8, 4) is 0 Å². The van der Waals surface area contributed by atoms with Gasteiger partial charge in [0.1, 0.15) is 29.9 Å². The summed E-state index contributed by atoms with van der Waals surface area (Å²) >= 11 is 4.98. The number of carboxylic acid groups (broad SMARTS) is 2. The number of nitrogens with one attached hydrogen (secondary N) is 1. The summed E-state index contributed by atoms with van der Waals surface area (Å²) in [6, 6.07) is -0.959. The van der Waals surface area contributed by atoms with Crippen LogP contribution in [0.5, 0.6) is 0 Å². The molecule has 2 aliphatic heterocycles. The highest BCUT2D eigenvalue weighted by Crippen LogP contribution is 2.42. The number of anilines is 1. The molecule has 2 aliphatic rings. The Morgan fingerprint density at radius 2 is 2.11 bits per heavy atom. The standard InChI is InChI=1S/C20H20N6O7S4/c1-7-10(3-11(27)28)37-20(22-7)36-5-8-4-34-17-13(16(30)26(17)14(8)18(31)32)24-15(29)12(25-33-2)9-6-35-19(21)23-9/h6,13,17H,3-5H2,1-2H3,(H2,21,23)(H,24,29)(H,27,28)(H,31,32)/t13?,17-/m0/s1. The van der Waals surface area contributed by atoms with Crippen molar-refractivity contribution in [1.29, 1.82) is 0 Å². The van der Waals surface area contributed by atoms with E-state index in [-0.39, 0.29) is 34.4 Å². The van der Waals surface area contributed by atoms with Crippen LogP contribution >= 0.6 is 46.2 Å². The number of aryl methyl sites for hydroxylation is 1. The third kappa shape index (κ3) is 5.58. The van der Waals surface area contributed by atoms with E-state index in [1.54, 1.807) is 6.92 Å². The largest absolute Gasteiger partial charge is 0.481 e. The Balaban J connectivity index is 1.47. The van der Waals surface area contributed by atoms with Crippen LogP contribution in [0.2, 0.25) is 0 Å². The van der Waals surface area contributed by atoms with Gasteiger partial charge in [0.15, 0.2) is 15.2 Å². The Morgan fingerprint density at radius 1 is 1.35 bits per heavy atom. The zero-order chi connectivity index (χ0) is 26.9. The first-order valence-electron chi connectivity index (χ1n) is 10.4. The van der Waals surface area contributed by atoms with E-state index in [1.807, 2.05) is 0 Å². The van der Waals surface area contributed by atoms with Gasteiger partial charge in [0, 0.05) is 21.8 Å². The lowest BCUT2D eigenvalue weighted by Crippen LogP contribution is -2.71. The van der Waals surface area contributed by atoms with Gasteiger partial charge in [0.05, 0.1) is 12.1 Å². The molecule has 1 unspecified atom stereocenters. The van der Waals surface area contributed by atoms with Gasteiger partial charge in [-0.25, -0.2) is 14.8 Å². The van der Waals surface area contributed by atoms with Crippen molar-refractivity contribution in [3.05, 3.63) is 32.9 Å². The molecular weight excluding hydrogens is 565 g/mol. The molecule has 1 fully saturated rings. The smallest absolute Gasteiger partial charge is 0.352 e. The van der Waals surface area contributed by atoms with Crippen molar-refractivity contribution in [2.45, 2.75) is 29.1 Å². The minimum absolute atomic E-state index is 0.121. The zero-order valence-electron chi connectivity index (χ0n) is 19.3. The van der Waals surface area contributed by atoms with E-state index < -0.39 is 35.2 Å². The Labute approximate surface area is 226 Å². The molecule has 196 valence electrons. The van der Waals surface area contributed by atoms with Crippen molar-refractivity contribution in [2.75, 3.05) is 24.3 Å². The molecule has 13 nitrogen and oxygen atoms in total. The van der Waals surface area contributed by atoms with Crippen LogP contribution in [0.15, 0.2) is 26.1 Å². The molecule has 17 heteroatoms. The highest BCUT2D eigenvalue weighted by molar-refractivity contribution is 8.01. The first-order chi connectivity index (χ1) is 17.6. The lowest BCUT2D eigenvalue weighted by molar-refractivity contribution is -0.150. The number of rotatable bonds is 10. The van der Waals surface area contributed by atoms with Gasteiger partial charge in [0.25, 0.3) is 11.8 Å². The van der Waals surface area contributed by atoms with Crippen LogP contribution in [-0.2, 0) is 30.4 Å². The number of amides is 2. The maximum absolute atomic E-state index is 13.0. The van der Waals surface area contributed by atoms with Crippen molar-refractivity contribution in [3.63, 3.8) is 0 Å². The predicted molar refractivity (Wildman–Crippen MR) is 139 cm³/mol. The molecule has 2 amide bonds. The van der Waals surface area contributed by atoms with Crippen LogP contribution < -0.4 is 11.1 Å². The number of β-lactam (4-membered cyclic amide) rings is 1. The summed E-state index contributed by atoms with van der Waals surface area (Å²) in [5.41, 5.74) is 6.70. The summed E-state index contributed by atoms with van der Waals surface area (Å²) in [6.07, 6.45) is -0.132.